The molecule has 0 saturated heterocycles. The minimum Gasteiger partial charge on any atom is -0.443 e. The van der Waals surface area contributed by atoms with Gasteiger partial charge >= 0.3 is 12.2 Å². The molecule has 11 rings (SSSR count). The van der Waals surface area contributed by atoms with Gasteiger partial charge in [-0.25, -0.2) is 38.7 Å². The molecule has 442 valence electrons. The van der Waals surface area contributed by atoms with E-state index in [0.29, 0.717) is 22.3 Å². The molecule has 4 aromatic heterocycles. The molecule has 4 heterocycles. The van der Waals surface area contributed by atoms with Crippen molar-refractivity contribution in [2.45, 2.75) is 213 Å². The quantitative estimate of drug-likeness (QED) is 0.0550. The van der Waals surface area contributed by atoms with Gasteiger partial charge in [-0.3, -0.25) is 0 Å². The van der Waals surface area contributed by atoms with Gasteiger partial charge in [-0.2, -0.15) is 0 Å². The van der Waals surface area contributed by atoms with Crippen molar-refractivity contribution in [2.75, 3.05) is 0 Å². The molecule has 10 nitrogen and oxygen atoms in total. The highest BCUT2D eigenvalue weighted by molar-refractivity contribution is 6.12. The predicted octanol–water partition coefficient (Wildman–Crippen LogP) is 21.6. The number of fused-ring (bicyclic) bond motifs is 11. The Kier molecular flexibility index (Phi) is 17.9. The molecule has 0 radical (unpaired) electrons. The summed E-state index contributed by atoms with van der Waals surface area (Å²) in [6.45, 7) is 15.9. The highest BCUT2D eigenvalue weighted by Gasteiger charge is 2.43. The second-order valence-electron chi connectivity index (χ2n) is 26.3. The Morgan fingerprint density at radius 1 is 0.400 bits per heavy atom. The molecule has 0 aliphatic heterocycles. The molecule has 0 amide bonds. The van der Waals surface area contributed by atoms with Gasteiger partial charge in [-0.15, -0.1) is 0 Å². The lowest BCUT2D eigenvalue weighted by Crippen LogP contribution is -2.27. The van der Waals surface area contributed by atoms with Gasteiger partial charge in [0.05, 0.1) is 33.1 Å². The van der Waals surface area contributed by atoms with Gasteiger partial charge in [0.25, 0.3) is 0 Å². The number of ether oxygens (including phenoxy) is 2. The fraction of sp³-hybridized carbons (Fsp3) is 0.440. The number of aromatic nitrogens is 6. The van der Waals surface area contributed by atoms with Crippen LogP contribution in [-0.4, -0.2) is 52.5 Å². The number of carbonyl (C=O) groups is 2. The zero-order chi connectivity index (χ0) is 59.3. The van der Waals surface area contributed by atoms with Crippen molar-refractivity contribution in [3.05, 3.63) is 132 Å². The average Bonchev–Trinajstić information content (AvgIpc) is 1.68. The summed E-state index contributed by atoms with van der Waals surface area (Å²) in [5.41, 5.74) is 15.2. The molecule has 0 saturated carbocycles. The molecule has 1 aliphatic rings. The Hall–Kier alpha value is -7.46. The van der Waals surface area contributed by atoms with E-state index in [9.17, 15) is 9.59 Å². The summed E-state index contributed by atoms with van der Waals surface area (Å²) in [4.78, 5) is 48.4. The standard InChI is InChI=1S/C75H88N6O4/c1-9-11-13-15-17-19-21-23-25-31-45-75(46-32-26-24-22-20-18-16-14-12-10-2)59-47-51(53-39-43-61-63(49-53)76-67-57-33-27-29-35-65(57)80(69(67)78-61)71(82)84-73(3,4)5)37-41-55(59)56-42-38-52(48-60(56)75)54-40-44-62-64(50-54)77-68-58-34-28-30-36-66(58)81(70(68)79-62)72(83)85-74(6,7)8/h27-30,33-44,47-50H,9-26,31-32,45-46H2,1-8H3. The van der Waals surface area contributed by atoms with E-state index in [1.165, 1.54) is 138 Å². The second-order valence-corrected chi connectivity index (χ2v) is 26.3. The summed E-state index contributed by atoms with van der Waals surface area (Å²) in [6.07, 6.45) is 27.2. The first kappa shape index (κ1) is 59.3. The second kappa shape index (κ2) is 25.6. The van der Waals surface area contributed by atoms with E-state index in [2.05, 4.69) is 86.6 Å². The highest BCUT2D eigenvalue weighted by Crippen LogP contribution is 2.56. The maximum absolute atomic E-state index is 13.8. The van der Waals surface area contributed by atoms with E-state index >= 15 is 0 Å². The normalized spacial score (nSPS) is 13.2. The number of hydrogen-bond acceptors (Lipinski definition) is 8. The number of rotatable bonds is 24. The summed E-state index contributed by atoms with van der Waals surface area (Å²) in [5.74, 6) is 0. The van der Waals surface area contributed by atoms with Gasteiger partial charge in [0.1, 0.15) is 22.2 Å². The molecule has 0 unspecified atom stereocenters. The molecule has 85 heavy (non-hydrogen) atoms. The number of unbranched alkanes of at least 4 members (excludes halogenated alkanes) is 18. The van der Waals surface area contributed by atoms with E-state index in [1.54, 1.807) is 9.13 Å². The number of carbonyl (C=O) groups excluding carboxylic acids is 2. The Bertz CT molecular complexity index is 3780. The minimum absolute atomic E-state index is 0.199. The van der Waals surface area contributed by atoms with Crippen molar-refractivity contribution in [2.24, 2.45) is 0 Å². The van der Waals surface area contributed by atoms with Crippen LogP contribution in [0.3, 0.4) is 0 Å². The van der Waals surface area contributed by atoms with E-state index < -0.39 is 23.4 Å². The number of benzene rings is 6. The van der Waals surface area contributed by atoms with Crippen LogP contribution in [0.5, 0.6) is 0 Å². The maximum atomic E-state index is 13.8. The molecule has 0 fully saturated rings. The third kappa shape index (κ3) is 12.8. The largest absolute Gasteiger partial charge is 0.443 e. The summed E-state index contributed by atoms with van der Waals surface area (Å²) in [5, 5.41) is 1.72. The van der Waals surface area contributed by atoms with Crippen molar-refractivity contribution in [1.29, 1.82) is 0 Å². The van der Waals surface area contributed by atoms with Crippen molar-refractivity contribution in [3.8, 4) is 33.4 Å². The smallest absolute Gasteiger partial charge is 0.420 e. The van der Waals surface area contributed by atoms with Crippen molar-refractivity contribution >= 4 is 78.4 Å². The summed E-state index contributed by atoms with van der Waals surface area (Å²) >= 11 is 0. The first-order chi connectivity index (χ1) is 41.1. The molecule has 0 atom stereocenters. The first-order valence-electron chi connectivity index (χ1n) is 32.3. The average molecular weight is 1140 g/mol. The topological polar surface area (TPSA) is 114 Å². The van der Waals surface area contributed by atoms with Crippen LogP contribution in [0.2, 0.25) is 0 Å². The Morgan fingerprint density at radius 2 is 0.741 bits per heavy atom. The molecule has 6 aromatic carbocycles. The van der Waals surface area contributed by atoms with Crippen molar-refractivity contribution in [3.63, 3.8) is 0 Å². The molecule has 1 aliphatic carbocycles. The van der Waals surface area contributed by atoms with Gasteiger partial charge in [-0.05, 0) is 147 Å². The van der Waals surface area contributed by atoms with Crippen molar-refractivity contribution < 1.29 is 19.1 Å². The zero-order valence-corrected chi connectivity index (χ0v) is 51.9. The molecule has 10 heteroatoms. The summed E-state index contributed by atoms with van der Waals surface area (Å²) in [7, 11) is 0. The van der Waals surface area contributed by atoms with Crippen LogP contribution in [0.1, 0.15) is 208 Å². The Morgan fingerprint density at radius 3 is 1.12 bits per heavy atom. The SMILES string of the molecule is CCCCCCCCCCCCC1(CCCCCCCCCCCC)c2cc(-c3ccc4nc5c(nc4c3)c3ccccc3n5C(=O)OC(C)(C)C)ccc2-c2ccc(-c3ccc4nc5c(nc4c3)c3ccccc3n5C(=O)OC(C)(C)C)cc21. The minimum atomic E-state index is -0.676. The van der Waals surface area contributed by atoms with Crippen LogP contribution in [0.4, 0.5) is 9.59 Å². The molecular weight excluding hydrogens is 1050 g/mol. The van der Waals surface area contributed by atoms with Crippen LogP contribution in [0, 0.1) is 0 Å². The summed E-state index contributed by atoms with van der Waals surface area (Å²) < 4.78 is 15.0. The van der Waals surface area contributed by atoms with E-state index in [4.69, 9.17) is 29.4 Å². The number of para-hydroxylation sites is 2. The van der Waals surface area contributed by atoms with Gasteiger partial charge in [0.2, 0.25) is 0 Å². The van der Waals surface area contributed by atoms with E-state index in [-0.39, 0.29) is 5.41 Å². The lowest BCUT2D eigenvalue weighted by molar-refractivity contribution is 0.0539. The van der Waals surface area contributed by atoms with Crippen LogP contribution in [0.15, 0.2) is 121 Å². The third-order valence-corrected chi connectivity index (χ3v) is 17.6. The predicted molar refractivity (Wildman–Crippen MR) is 352 cm³/mol. The van der Waals surface area contributed by atoms with Gasteiger partial charge in [-0.1, -0.05) is 215 Å². The van der Waals surface area contributed by atoms with Gasteiger partial charge < -0.3 is 9.47 Å². The van der Waals surface area contributed by atoms with Crippen LogP contribution in [-0.2, 0) is 14.9 Å². The zero-order valence-electron chi connectivity index (χ0n) is 51.9. The molecule has 0 N–H and O–H groups in total. The Labute approximate surface area is 503 Å². The fourth-order valence-electron chi connectivity index (χ4n) is 13.4. The lowest BCUT2D eigenvalue weighted by atomic mass is 9.70. The first-order valence-corrected chi connectivity index (χ1v) is 32.3. The molecule has 0 spiro atoms. The third-order valence-electron chi connectivity index (χ3n) is 17.6. The van der Waals surface area contributed by atoms with Gasteiger partial charge in [0.15, 0.2) is 11.3 Å². The van der Waals surface area contributed by atoms with E-state index in [1.807, 2.05) is 90.1 Å². The molecule has 0 bridgehead atoms. The maximum Gasteiger partial charge on any atom is 0.420 e. The van der Waals surface area contributed by atoms with Crippen LogP contribution >= 0.6 is 0 Å². The fourth-order valence-corrected chi connectivity index (χ4v) is 13.4. The van der Waals surface area contributed by atoms with Crippen LogP contribution < -0.4 is 0 Å². The molecule has 10 aromatic rings. The highest BCUT2D eigenvalue weighted by atomic mass is 16.6. The van der Waals surface area contributed by atoms with E-state index in [0.717, 1.165) is 91.8 Å². The van der Waals surface area contributed by atoms with Gasteiger partial charge in [0, 0.05) is 16.2 Å². The number of nitrogens with zero attached hydrogens (tertiary/aromatic N) is 6. The lowest BCUT2D eigenvalue weighted by Gasteiger charge is -2.33. The Balaban J connectivity index is 0.978. The monoisotopic (exact) mass is 1140 g/mol. The molecular formula is C75H88N6O4. The van der Waals surface area contributed by atoms with Crippen LogP contribution in [0.25, 0.3) is 99.6 Å². The number of hydrogen-bond donors (Lipinski definition) is 0. The van der Waals surface area contributed by atoms with Crippen molar-refractivity contribution in [1.82, 2.24) is 29.1 Å². The summed E-state index contributed by atoms with van der Waals surface area (Å²) in [6, 6.07) is 43.0.